The molecule has 0 aliphatic heterocycles. The Morgan fingerprint density at radius 3 is 1.55 bits per heavy atom. The van der Waals surface area contributed by atoms with Crippen LogP contribution in [0.25, 0.3) is 87.3 Å². The van der Waals surface area contributed by atoms with E-state index in [1.807, 2.05) is 66.7 Å². The second-order valence-electron chi connectivity index (χ2n) is 12.5. The monoisotopic (exact) mass is 646 g/mol. The minimum Gasteiger partial charge on any atom is -0.307 e. The molecule has 9 aromatic rings. The van der Waals surface area contributed by atoms with Gasteiger partial charge in [0.1, 0.15) is 6.07 Å². The summed E-state index contributed by atoms with van der Waals surface area (Å²) in [5, 5.41) is 27.3. The van der Waals surface area contributed by atoms with Crippen LogP contribution >= 0.6 is 0 Å². The Bertz CT molecular complexity index is 2890. The first-order valence-electron chi connectivity index (χ1n) is 16.7. The summed E-state index contributed by atoms with van der Waals surface area (Å²) < 4.78 is 2.16. The average Bonchev–Trinajstić information content (AvgIpc) is 3.53. The van der Waals surface area contributed by atoms with Crippen LogP contribution in [0.4, 0.5) is 5.69 Å². The van der Waals surface area contributed by atoms with Crippen molar-refractivity contribution < 1.29 is 0 Å². The summed E-state index contributed by atoms with van der Waals surface area (Å²) in [7, 11) is 0. The van der Waals surface area contributed by atoms with Crippen molar-refractivity contribution in [2.24, 2.45) is 0 Å². The van der Waals surface area contributed by atoms with Gasteiger partial charge in [-0.3, -0.25) is 0 Å². The van der Waals surface area contributed by atoms with Crippen LogP contribution < -0.4 is 0 Å². The van der Waals surface area contributed by atoms with Crippen LogP contribution in [0.15, 0.2) is 158 Å². The van der Waals surface area contributed by atoms with Crippen molar-refractivity contribution in [2.75, 3.05) is 0 Å². The molecule has 0 unspecified atom stereocenters. The molecule has 0 radical (unpaired) electrons. The number of nitriles is 2. The van der Waals surface area contributed by atoms with Gasteiger partial charge in [-0.1, -0.05) is 127 Å². The van der Waals surface area contributed by atoms with Crippen molar-refractivity contribution in [3.8, 4) is 51.2 Å². The number of fused-ring (bicyclic) bond motifs is 5. The highest BCUT2D eigenvalue weighted by Crippen LogP contribution is 2.51. The number of benzene rings is 8. The van der Waals surface area contributed by atoms with E-state index in [4.69, 9.17) is 6.57 Å². The topological polar surface area (TPSA) is 56.9 Å². The lowest BCUT2D eigenvalue weighted by molar-refractivity contribution is 1.17. The van der Waals surface area contributed by atoms with Crippen molar-refractivity contribution >= 4 is 49.0 Å². The highest BCUT2D eigenvalue weighted by atomic mass is 15.0. The van der Waals surface area contributed by atoms with E-state index in [0.717, 1.165) is 76.7 Å². The summed E-state index contributed by atoms with van der Waals surface area (Å²) in [5.74, 6) is 0. The molecule has 0 bridgehead atoms. The summed E-state index contributed by atoms with van der Waals surface area (Å²) in [6, 6.07) is 57.7. The van der Waals surface area contributed by atoms with Crippen molar-refractivity contribution in [2.45, 2.75) is 0 Å². The van der Waals surface area contributed by atoms with Crippen molar-refractivity contribution in [3.05, 3.63) is 180 Å². The predicted molar refractivity (Wildman–Crippen MR) is 208 cm³/mol. The van der Waals surface area contributed by atoms with Gasteiger partial charge in [0.15, 0.2) is 5.69 Å². The van der Waals surface area contributed by atoms with E-state index in [1.54, 1.807) is 6.07 Å². The van der Waals surface area contributed by atoms with Gasteiger partial charge in [0, 0.05) is 21.9 Å². The first kappa shape index (κ1) is 29.7. The molecule has 8 aromatic carbocycles. The summed E-state index contributed by atoms with van der Waals surface area (Å²) in [6.07, 6.45) is 0. The molecule has 4 heteroatoms. The van der Waals surface area contributed by atoms with Gasteiger partial charge in [0.2, 0.25) is 0 Å². The van der Waals surface area contributed by atoms with Gasteiger partial charge in [-0.25, -0.2) is 4.85 Å². The van der Waals surface area contributed by atoms with E-state index in [1.165, 1.54) is 0 Å². The third kappa shape index (κ3) is 4.51. The fraction of sp³-hybridized carbons (Fsp3) is 0. The van der Waals surface area contributed by atoms with Crippen LogP contribution in [0, 0.1) is 29.2 Å². The van der Waals surface area contributed by atoms with Crippen molar-refractivity contribution in [3.63, 3.8) is 0 Å². The SMILES string of the molecule is [C-]#[N+]c1cc(C#N)cc(-c2cccc(C#N)c2-n2c3ccccc3c3ccccc32)c1-c1c2ccccc2c(-c2ccccc2)c2ccccc12. The smallest absolute Gasteiger partial charge is 0.196 e. The molecule has 9 rings (SSSR count). The Labute approximate surface area is 294 Å². The zero-order chi connectivity index (χ0) is 34.5. The Hall–Kier alpha value is -7.45. The summed E-state index contributed by atoms with van der Waals surface area (Å²) in [6.45, 7) is 8.50. The molecular formula is C47H26N4. The quantitative estimate of drug-likeness (QED) is 0.141. The number of hydrogen-bond acceptors (Lipinski definition) is 2. The van der Waals surface area contributed by atoms with E-state index >= 15 is 0 Å². The van der Waals surface area contributed by atoms with Crippen LogP contribution in [0.1, 0.15) is 11.1 Å². The molecule has 1 heterocycles. The highest BCUT2D eigenvalue weighted by molar-refractivity contribution is 6.24. The zero-order valence-corrected chi connectivity index (χ0v) is 27.3. The lowest BCUT2D eigenvalue weighted by Crippen LogP contribution is -2.02. The molecule has 0 amide bonds. The fourth-order valence-corrected chi connectivity index (χ4v) is 7.82. The van der Waals surface area contributed by atoms with E-state index in [-0.39, 0.29) is 0 Å². The minimum absolute atomic E-state index is 0.377. The number of hydrogen-bond donors (Lipinski definition) is 0. The van der Waals surface area contributed by atoms with Gasteiger partial charge in [0.05, 0.1) is 34.9 Å². The van der Waals surface area contributed by atoms with Crippen LogP contribution in [-0.2, 0) is 0 Å². The van der Waals surface area contributed by atoms with Gasteiger partial charge < -0.3 is 4.57 Å². The summed E-state index contributed by atoms with van der Waals surface area (Å²) in [4.78, 5) is 4.10. The molecule has 4 nitrogen and oxygen atoms in total. The second kappa shape index (κ2) is 11.9. The number of para-hydroxylation sites is 3. The Morgan fingerprint density at radius 2 is 1.00 bits per heavy atom. The minimum atomic E-state index is 0.377. The molecule has 0 saturated heterocycles. The lowest BCUT2D eigenvalue weighted by Gasteiger charge is -2.23. The van der Waals surface area contributed by atoms with Crippen LogP contribution in [0.3, 0.4) is 0 Å². The zero-order valence-electron chi connectivity index (χ0n) is 27.3. The molecule has 234 valence electrons. The van der Waals surface area contributed by atoms with Crippen LogP contribution in [0.2, 0.25) is 0 Å². The van der Waals surface area contributed by atoms with Gasteiger partial charge >= 0.3 is 0 Å². The first-order chi connectivity index (χ1) is 25.2. The van der Waals surface area contributed by atoms with E-state index in [2.05, 4.69) is 106 Å². The molecule has 51 heavy (non-hydrogen) atoms. The molecule has 0 N–H and O–H groups in total. The van der Waals surface area contributed by atoms with Gasteiger partial charge in [0.25, 0.3) is 0 Å². The highest BCUT2D eigenvalue weighted by Gasteiger charge is 2.25. The van der Waals surface area contributed by atoms with Gasteiger partial charge in [-0.15, -0.1) is 0 Å². The molecule has 0 fully saturated rings. The number of nitrogens with zero attached hydrogens (tertiary/aromatic N) is 4. The molecule has 0 spiro atoms. The maximum absolute atomic E-state index is 10.7. The third-order valence-electron chi connectivity index (χ3n) is 9.86. The summed E-state index contributed by atoms with van der Waals surface area (Å²) >= 11 is 0. The van der Waals surface area contributed by atoms with Crippen LogP contribution in [0.5, 0.6) is 0 Å². The number of aromatic nitrogens is 1. The van der Waals surface area contributed by atoms with Gasteiger partial charge in [-0.05, 0) is 79.7 Å². The fourth-order valence-electron chi connectivity index (χ4n) is 7.82. The average molecular weight is 647 g/mol. The largest absolute Gasteiger partial charge is 0.307 e. The van der Waals surface area contributed by atoms with Crippen LogP contribution in [-0.4, -0.2) is 4.57 Å². The molecular weight excluding hydrogens is 621 g/mol. The maximum atomic E-state index is 10.7. The number of rotatable bonds is 4. The lowest BCUT2D eigenvalue weighted by atomic mass is 9.82. The third-order valence-corrected chi connectivity index (χ3v) is 9.86. The molecule has 0 aliphatic rings. The Balaban J connectivity index is 1.48. The normalized spacial score (nSPS) is 11.1. The van der Waals surface area contributed by atoms with Crippen molar-refractivity contribution in [1.29, 1.82) is 10.5 Å². The molecule has 1 aromatic heterocycles. The molecule has 0 aliphatic carbocycles. The van der Waals surface area contributed by atoms with Crippen molar-refractivity contribution in [1.82, 2.24) is 4.57 Å². The second-order valence-corrected chi connectivity index (χ2v) is 12.5. The summed E-state index contributed by atoms with van der Waals surface area (Å²) in [5.41, 5.74) is 9.25. The maximum Gasteiger partial charge on any atom is 0.196 e. The van der Waals surface area contributed by atoms with E-state index in [0.29, 0.717) is 22.5 Å². The van der Waals surface area contributed by atoms with Gasteiger partial charge in [-0.2, -0.15) is 10.5 Å². The predicted octanol–water partition coefficient (Wildman–Crippen LogP) is 12.4. The first-order valence-corrected chi connectivity index (χ1v) is 16.7. The molecule has 0 atom stereocenters. The standard InChI is InChI=1S/C47H26N4/c1-50-41-27-30(28-48)26-40(39-23-13-16-32(29-49)47(39)51-42-24-11-9-17-33(42)34-18-10-12-25-43(34)51)46(41)45-37-21-7-5-19-35(37)44(31-14-3-2-4-15-31)36-20-6-8-22-38(36)45/h2-27H. The van der Waals surface area contributed by atoms with E-state index < -0.39 is 0 Å². The Kier molecular flexibility index (Phi) is 6.93. The molecule has 0 saturated carbocycles. The van der Waals surface area contributed by atoms with E-state index in [9.17, 15) is 10.5 Å². The Morgan fingerprint density at radius 1 is 0.471 bits per heavy atom.